The summed E-state index contributed by atoms with van der Waals surface area (Å²) in [7, 11) is 3.79. The highest BCUT2D eigenvalue weighted by molar-refractivity contribution is 5.75. The van der Waals surface area contributed by atoms with Crippen LogP contribution in [0.5, 0.6) is 0 Å². The number of hydrogen-bond acceptors (Lipinski definition) is 1. The Morgan fingerprint density at radius 3 is 1.50 bits per heavy atom. The summed E-state index contributed by atoms with van der Waals surface area (Å²) in [5.74, 6) is 0.909. The van der Waals surface area contributed by atoms with Crippen molar-refractivity contribution in [2.45, 2.75) is 155 Å². The minimum atomic E-state index is 0.313. The van der Waals surface area contributed by atoms with Crippen LogP contribution in [0.4, 0.5) is 0 Å². The van der Waals surface area contributed by atoms with E-state index >= 15 is 0 Å². The molecule has 1 amide bonds. The fraction of sp³-hybridized carbons (Fsp3) is 0.844. The number of carbonyl (C=O) groups is 1. The lowest BCUT2D eigenvalue weighted by atomic mass is 9.91. The number of amides is 1. The molecule has 0 fully saturated rings. The zero-order valence-electron chi connectivity index (χ0n) is 23.8. The quantitative estimate of drug-likeness (QED) is 0.0949. The first-order valence-electron chi connectivity index (χ1n) is 15.1. The van der Waals surface area contributed by atoms with E-state index in [0.29, 0.717) is 11.8 Å². The van der Waals surface area contributed by atoms with Crippen LogP contribution in [0.1, 0.15) is 155 Å². The minimum Gasteiger partial charge on any atom is -0.349 e. The van der Waals surface area contributed by atoms with Gasteiger partial charge >= 0.3 is 0 Å². The van der Waals surface area contributed by atoms with Gasteiger partial charge in [0.2, 0.25) is 5.91 Å². The van der Waals surface area contributed by atoms with Crippen molar-refractivity contribution in [2.75, 3.05) is 14.1 Å². The van der Waals surface area contributed by atoms with Gasteiger partial charge in [-0.3, -0.25) is 4.79 Å². The van der Waals surface area contributed by atoms with E-state index in [0.717, 1.165) is 12.8 Å². The smallest absolute Gasteiger partial charge is 0.222 e. The number of unbranched alkanes of at least 4 members (excludes halogenated alkanes) is 15. The van der Waals surface area contributed by atoms with E-state index in [4.69, 9.17) is 0 Å². The zero-order chi connectivity index (χ0) is 25.1. The molecule has 2 heteroatoms. The van der Waals surface area contributed by atoms with Crippen LogP contribution in [-0.4, -0.2) is 24.9 Å². The highest BCUT2D eigenvalue weighted by Gasteiger charge is 2.15. The molecule has 0 aromatic heterocycles. The van der Waals surface area contributed by atoms with Crippen molar-refractivity contribution in [3.05, 3.63) is 24.3 Å². The summed E-state index contributed by atoms with van der Waals surface area (Å²) in [5, 5.41) is 0. The third-order valence-electron chi connectivity index (χ3n) is 6.99. The first-order valence-corrected chi connectivity index (χ1v) is 15.1. The largest absolute Gasteiger partial charge is 0.349 e. The normalized spacial score (nSPS) is 12.7. The van der Waals surface area contributed by atoms with Gasteiger partial charge in [-0.05, 0) is 50.9 Å². The molecule has 0 saturated heterocycles. The Labute approximate surface area is 215 Å². The van der Waals surface area contributed by atoms with Crippen LogP contribution in [0.2, 0.25) is 0 Å². The van der Waals surface area contributed by atoms with Gasteiger partial charge < -0.3 is 4.90 Å². The Kier molecular flexibility index (Phi) is 25.7. The second-order valence-electron chi connectivity index (χ2n) is 10.6. The number of allylic oxidation sites excluding steroid dienone is 4. The van der Waals surface area contributed by atoms with Crippen LogP contribution in [0.15, 0.2) is 24.3 Å². The van der Waals surface area contributed by atoms with Gasteiger partial charge in [-0.1, -0.05) is 128 Å². The predicted molar refractivity (Wildman–Crippen MR) is 153 cm³/mol. The third-order valence-corrected chi connectivity index (χ3v) is 6.99. The molecule has 0 heterocycles. The molecular weight excluding hydrogens is 414 g/mol. The first kappa shape index (κ1) is 33.0. The molecule has 0 spiro atoms. The van der Waals surface area contributed by atoms with E-state index in [2.05, 4.69) is 38.2 Å². The van der Waals surface area contributed by atoms with Crippen LogP contribution >= 0.6 is 0 Å². The lowest BCUT2D eigenvalue weighted by Gasteiger charge is -2.19. The number of hydrogen-bond donors (Lipinski definition) is 0. The van der Waals surface area contributed by atoms with Gasteiger partial charge in [0, 0.05) is 20.5 Å². The standard InChI is InChI=1S/C32H61NO/c1-5-7-9-11-13-14-15-16-17-18-19-20-21-22-23-25-27-29-31(30-32(34)33(3)4)28-26-24-12-10-8-6-2/h13-14,16-17,31H,5-12,15,18-30H2,1-4H3/b14-13-,17-16-. The van der Waals surface area contributed by atoms with Gasteiger partial charge in [0.05, 0.1) is 0 Å². The molecule has 1 atom stereocenters. The fourth-order valence-corrected chi connectivity index (χ4v) is 4.59. The van der Waals surface area contributed by atoms with Crippen LogP contribution in [0.3, 0.4) is 0 Å². The van der Waals surface area contributed by atoms with E-state index < -0.39 is 0 Å². The van der Waals surface area contributed by atoms with Gasteiger partial charge in [-0.15, -0.1) is 0 Å². The average Bonchev–Trinajstić information content (AvgIpc) is 2.82. The second-order valence-corrected chi connectivity index (χ2v) is 10.6. The number of nitrogens with zero attached hydrogens (tertiary/aromatic N) is 1. The van der Waals surface area contributed by atoms with Gasteiger partial charge in [0.1, 0.15) is 0 Å². The summed E-state index contributed by atoms with van der Waals surface area (Å²) in [4.78, 5) is 14.0. The van der Waals surface area contributed by atoms with E-state index in [-0.39, 0.29) is 0 Å². The van der Waals surface area contributed by atoms with Crippen molar-refractivity contribution in [2.24, 2.45) is 5.92 Å². The average molecular weight is 476 g/mol. The summed E-state index contributed by atoms with van der Waals surface area (Å²) in [6.45, 7) is 4.54. The van der Waals surface area contributed by atoms with Crippen LogP contribution in [0.25, 0.3) is 0 Å². The maximum Gasteiger partial charge on any atom is 0.222 e. The summed E-state index contributed by atoms with van der Waals surface area (Å²) in [6, 6.07) is 0. The highest BCUT2D eigenvalue weighted by atomic mass is 16.2. The van der Waals surface area contributed by atoms with Crippen molar-refractivity contribution in [1.29, 1.82) is 0 Å². The van der Waals surface area contributed by atoms with Crippen molar-refractivity contribution in [3.63, 3.8) is 0 Å². The first-order chi connectivity index (χ1) is 16.6. The molecule has 200 valence electrons. The van der Waals surface area contributed by atoms with Gasteiger partial charge in [0.25, 0.3) is 0 Å². The molecule has 0 aromatic carbocycles. The molecule has 0 radical (unpaired) electrons. The summed E-state index contributed by atoms with van der Waals surface area (Å²) in [6.07, 6.45) is 37.8. The molecule has 0 aliphatic heterocycles. The highest BCUT2D eigenvalue weighted by Crippen LogP contribution is 2.23. The monoisotopic (exact) mass is 475 g/mol. The Morgan fingerprint density at radius 2 is 1.00 bits per heavy atom. The molecule has 0 aromatic rings. The van der Waals surface area contributed by atoms with Crippen LogP contribution in [-0.2, 0) is 4.79 Å². The Hall–Kier alpha value is -1.05. The molecule has 0 bridgehead atoms. The molecule has 0 N–H and O–H groups in total. The Morgan fingerprint density at radius 1 is 0.588 bits per heavy atom. The third kappa shape index (κ3) is 24.1. The molecule has 2 nitrogen and oxygen atoms in total. The second kappa shape index (κ2) is 26.6. The van der Waals surface area contributed by atoms with E-state index in [1.54, 1.807) is 4.90 Å². The van der Waals surface area contributed by atoms with Crippen molar-refractivity contribution in [3.8, 4) is 0 Å². The van der Waals surface area contributed by atoms with Crippen LogP contribution in [0, 0.1) is 5.92 Å². The molecule has 34 heavy (non-hydrogen) atoms. The van der Waals surface area contributed by atoms with Gasteiger partial charge in [0.15, 0.2) is 0 Å². The molecule has 0 rings (SSSR count). The Bertz CT molecular complexity index is 479. The predicted octanol–water partition coefficient (Wildman–Crippen LogP) is 10.4. The maximum absolute atomic E-state index is 12.2. The summed E-state index contributed by atoms with van der Waals surface area (Å²) < 4.78 is 0. The number of rotatable bonds is 25. The SMILES string of the molecule is CCCCC/C=C\C/C=C\CCCCCCCCCC(CCCCCCCC)CC(=O)N(C)C. The molecule has 1 unspecified atom stereocenters. The van der Waals surface area contributed by atoms with E-state index in [1.165, 1.54) is 128 Å². The summed E-state index contributed by atoms with van der Waals surface area (Å²) >= 11 is 0. The molecule has 0 saturated carbocycles. The van der Waals surface area contributed by atoms with Crippen molar-refractivity contribution in [1.82, 2.24) is 4.90 Å². The molecular formula is C32H61NO. The zero-order valence-corrected chi connectivity index (χ0v) is 23.8. The number of carbonyl (C=O) groups excluding carboxylic acids is 1. The van der Waals surface area contributed by atoms with Crippen molar-refractivity contribution < 1.29 is 4.79 Å². The lowest BCUT2D eigenvalue weighted by Crippen LogP contribution is -2.24. The van der Waals surface area contributed by atoms with Crippen molar-refractivity contribution >= 4 is 5.91 Å². The lowest BCUT2D eigenvalue weighted by molar-refractivity contribution is -0.129. The van der Waals surface area contributed by atoms with E-state index in [1.807, 2.05) is 14.1 Å². The summed E-state index contributed by atoms with van der Waals surface area (Å²) in [5.41, 5.74) is 0. The Balaban J connectivity index is 3.72. The minimum absolute atomic E-state index is 0.313. The van der Waals surface area contributed by atoms with Crippen LogP contribution < -0.4 is 0 Å². The maximum atomic E-state index is 12.2. The van der Waals surface area contributed by atoms with Gasteiger partial charge in [-0.2, -0.15) is 0 Å². The molecule has 0 aliphatic rings. The van der Waals surface area contributed by atoms with Gasteiger partial charge in [-0.25, -0.2) is 0 Å². The van der Waals surface area contributed by atoms with E-state index in [9.17, 15) is 4.79 Å². The molecule has 0 aliphatic carbocycles. The fourth-order valence-electron chi connectivity index (χ4n) is 4.59. The topological polar surface area (TPSA) is 20.3 Å².